The van der Waals surface area contributed by atoms with E-state index >= 15 is 0 Å². The van der Waals surface area contributed by atoms with E-state index in [1.54, 1.807) is 11.8 Å². The fourth-order valence-electron chi connectivity index (χ4n) is 2.26. The van der Waals surface area contributed by atoms with Gasteiger partial charge in [-0.1, -0.05) is 0 Å². The van der Waals surface area contributed by atoms with Crippen molar-refractivity contribution in [1.82, 2.24) is 4.90 Å². The molecular formula is C12H19NO4. The molecule has 0 radical (unpaired) electrons. The van der Waals surface area contributed by atoms with Crippen LogP contribution in [0.25, 0.3) is 0 Å². The van der Waals surface area contributed by atoms with Gasteiger partial charge in [0.05, 0.1) is 7.11 Å². The Balaban J connectivity index is 2.05. The fourth-order valence-corrected chi connectivity index (χ4v) is 2.26. The highest BCUT2D eigenvalue weighted by Gasteiger charge is 2.42. The summed E-state index contributed by atoms with van der Waals surface area (Å²) in [6, 6.07) is -0.315. The number of carbonyl (C=O) groups is 2. The van der Waals surface area contributed by atoms with E-state index in [4.69, 9.17) is 9.47 Å². The third-order valence-corrected chi connectivity index (χ3v) is 3.36. The molecule has 0 bridgehead atoms. The molecule has 1 aliphatic carbocycles. The molecule has 17 heavy (non-hydrogen) atoms. The summed E-state index contributed by atoms with van der Waals surface area (Å²) in [6.45, 7) is 2.36. The summed E-state index contributed by atoms with van der Waals surface area (Å²) in [4.78, 5) is 25.5. The van der Waals surface area contributed by atoms with Gasteiger partial charge < -0.3 is 14.4 Å². The van der Waals surface area contributed by atoms with Crippen molar-refractivity contribution in [3.63, 3.8) is 0 Å². The average Bonchev–Trinajstić information content (AvgIpc) is 3.00. The van der Waals surface area contributed by atoms with Crippen molar-refractivity contribution in [2.24, 2.45) is 0 Å². The first-order valence-electron chi connectivity index (χ1n) is 6.16. The van der Waals surface area contributed by atoms with Crippen LogP contribution in [0.1, 0.15) is 32.6 Å². The van der Waals surface area contributed by atoms with Crippen LogP contribution in [-0.4, -0.2) is 48.7 Å². The molecule has 96 valence electrons. The molecule has 1 aliphatic heterocycles. The number of carbonyl (C=O) groups excluding carboxylic acids is 2. The number of amides is 1. The molecule has 2 aliphatic rings. The van der Waals surface area contributed by atoms with Crippen molar-refractivity contribution in [2.45, 2.75) is 50.8 Å². The minimum absolute atomic E-state index is 0.0529. The highest BCUT2D eigenvalue weighted by molar-refractivity contribution is 5.87. The third kappa shape index (κ3) is 2.60. The van der Waals surface area contributed by atoms with Gasteiger partial charge in [0.15, 0.2) is 0 Å². The zero-order valence-electron chi connectivity index (χ0n) is 10.3. The molecule has 1 heterocycles. The van der Waals surface area contributed by atoms with Gasteiger partial charge in [-0.05, 0) is 32.6 Å². The summed E-state index contributed by atoms with van der Waals surface area (Å²) >= 11 is 0. The molecule has 5 heteroatoms. The molecule has 1 saturated carbocycles. The zero-order valence-corrected chi connectivity index (χ0v) is 10.3. The molecule has 0 N–H and O–H groups in total. The van der Waals surface area contributed by atoms with E-state index in [-0.39, 0.29) is 24.0 Å². The number of hydrogen-bond donors (Lipinski definition) is 0. The minimum atomic E-state index is -0.510. The predicted molar refractivity (Wildman–Crippen MR) is 60.3 cm³/mol. The second kappa shape index (κ2) is 5.04. The van der Waals surface area contributed by atoms with Crippen LogP contribution in [0.4, 0.5) is 0 Å². The molecule has 1 amide bonds. The van der Waals surface area contributed by atoms with E-state index in [0.717, 1.165) is 25.7 Å². The van der Waals surface area contributed by atoms with Crippen LogP contribution >= 0.6 is 0 Å². The van der Waals surface area contributed by atoms with Crippen LogP contribution in [0, 0.1) is 0 Å². The maximum absolute atomic E-state index is 12.3. The first-order chi connectivity index (χ1) is 8.15. The maximum atomic E-state index is 12.3. The van der Waals surface area contributed by atoms with E-state index in [2.05, 4.69) is 0 Å². The van der Waals surface area contributed by atoms with Crippen molar-refractivity contribution in [3.05, 3.63) is 0 Å². The summed E-state index contributed by atoms with van der Waals surface area (Å²) in [7, 11) is 1.35. The van der Waals surface area contributed by atoms with E-state index in [9.17, 15) is 9.59 Å². The second-order valence-corrected chi connectivity index (χ2v) is 4.68. The van der Waals surface area contributed by atoms with Crippen LogP contribution < -0.4 is 0 Å². The molecule has 2 rings (SSSR count). The lowest BCUT2D eigenvalue weighted by molar-refractivity contribution is -0.156. The van der Waals surface area contributed by atoms with Gasteiger partial charge in [-0.25, -0.2) is 4.79 Å². The van der Waals surface area contributed by atoms with E-state index in [1.807, 2.05) is 0 Å². The Kier molecular flexibility index (Phi) is 3.66. The van der Waals surface area contributed by atoms with Gasteiger partial charge in [0.1, 0.15) is 12.1 Å². The van der Waals surface area contributed by atoms with E-state index in [0.29, 0.717) is 6.61 Å². The van der Waals surface area contributed by atoms with Crippen molar-refractivity contribution < 1.29 is 19.1 Å². The first kappa shape index (κ1) is 12.4. The number of methoxy groups -OCH3 is 1. The topological polar surface area (TPSA) is 55.8 Å². The van der Waals surface area contributed by atoms with Crippen LogP contribution in [0.15, 0.2) is 0 Å². The summed E-state index contributed by atoms with van der Waals surface area (Å²) in [5.41, 5.74) is 0. The first-order valence-corrected chi connectivity index (χ1v) is 6.16. The Bertz CT molecular complexity index is 308. The second-order valence-electron chi connectivity index (χ2n) is 4.68. The van der Waals surface area contributed by atoms with Crippen LogP contribution in [0.2, 0.25) is 0 Å². The maximum Gasteiger partial charge on any atom is 0.328 e. The van der Waals surface area contributed by atoms with Gasteiger partial charge in [0.2, 0.25) is 0 Å². The highest BCUT2D eigenvalue weighted by atomic mass is 16.5. The highest BCUT2D eigenvalue weighted by Crippen LogP contribution is 2.31. The van der Waals surface area contributed by atoms with E-state index < -0.39 is 6.04 Å². The van der Waals surface area contributed by atoms with Gasteiger partial charge in [-0.2, -0.15) is 0 Å². The summed E-state index contributed by atoms with van der Waals surface area (Å²) in [5, 5.41) is 0. The van der Waals surface area contributed by atoms with Crippen molar-refractivity contribution >= 4 is 11.9 Å². The lowest BCUT2D eigenvalue weighted by Gasteiger charge is -2.29. The van der Waals surface area contributed by atoms with Crippen molar-refractivity contribution in [1.29, 1.82) is 0 Å². The molecule has 0 aromatic rings. The van der Waals surface area contributed by atoms with Crippen LogP contribution in [-0.2, 0) is 19.1 Å². The number of esters is 1. The van der Waals surface area contributed by atoms with Gasteiger partial charge in [-0.3, -0.25) is 4.79 Å². The predicted octanol–water partition coefficient (Wildman–Crippen LogP) is 0.718. The molecule has 5 nitrogen and oxygen atoms in total. The largest absolute Gasteiger partial charge is 0.467 e. The molecule has 2 fully saturated rings. The smallest absolute Gasteiger partial charge is 0.328 e. The molecule has 0 unspecified atom stereocenters. The molecular weight excluding hydrogens is 222 g/mol. The Hall–Kier alpha value is -1.10. The molecule has 0 spiro atoms. The normalized spacial score (nSPS) is 25.4. The summed E-state index contributed by atoms with van der Waals surface area (Å²) < 4.78 is 10.1. The fraction of sp³-hybridized carbons (Fsp3) is 0.833. The molecule has 1 saturated heterocycles. The minimum Gasteiger partial charge on any atom is -0.467 e. The number of ether oxygens (including phenoxy) is 2. The zero-order chi connectivity index (χ0) is 12.4. The lowest BCUT2D eigenvalue weighted by atomic mass is 10.1. The quantitative estimate of drug-likeness (QED) is 0.680. The number of rotatable bonds is 4. The van der Waals surface area contributed by atoms with Crippen molar-refractivity contribution in [2.75, 3.05) is 13.7 Å². The summed E-state index contributed by atoms with van der Waals surface area (Å²) in [5.74, 6) is -0.411. The average molecular weight is 241 g/mol. The van der Waals surface area contributed by atoms with Gasteiger partial charge in [-0.15, -0.1) is 0 Å². The Morgan fingerprint density at radius 2 is 2.06 bits per heavy atom. The Morgan fingerprint density at radius 3 is 2.53 bits per heavy atom. The number of hydrogen-bond acceptors (Lipinski definition) is 4. The summed E-state index contributed by atoms with van der Waals surface area (Å²) in [6.07, 6.45) is 3.26. The number of nitrogens with zero attached hydrogens (tertiary/aromatic N) is 1. The van der Waals surface area contributed by atoms with E-state index in [1.165, 1.54) is 7.11 Å². The molecule has 0 aromatic carbocycles. The Morgan fingerprint density at radius 1 is 1.35 bits per heavy atom. The van der Waals surface area contributed by atoms with Crippen molar-refractivity contribution in [3.8, 4) is 0 Å². The van der Waals surface area contributed by atoms with Gasteiger partial charge >= 0.3 is 5.97 Å². The van der Waals surface area contributed by atoms with Crippen LogP contribution in [0.5, 0.6) is 0 Å². The molecule has 0 aromatic heterocycles. The SMILES string of the molecule is COC(=O)[C@@H](C)N(C(=O)[C@H]1CCCO1)C1CC1. The van der Waals surface area contributed by atoms with Gasteiger partial charge in [0.25, 0.3) is 5.91 Å². The lowest BCUT2D eigenvalue weighted by Crippen LogP contribution is -2.49. The monoisotopic (exact) mass is 241 g/mol. The Labute approximate surface area is 101 Å². The third-order valence-electron chi connectivity index (χ3n) is 3.36. The van der Waals surface area contributed by atoms with Gasteiger partial charge in [0, 0.05) is 12.6 Å². The molecule has 2 atom stereocenters. The standard InChI is InChI=1S/C12H19NO4/c1-8(12(15)16-2)13(9-5-6-9)11(14)10-4-3-7-17-10/h8-10H,3-7H2,1-2H3/t8-,10-/m1/s1. The van der Waals surface area contributed by atoms with Crippen LogP contribution in [0.3, 0.4) is 0 Å².